The zero-order valence-electron chi connectivity index (χ0n) is 11.4. The van der Waals surface area contributed by atoms with Crippen LogP contribution in [-0.4, -0.2) is 17.4 Å². The van der Waals surface area contributed by atoms with E-state index in [1.807, 2.05) is 19.1 Å². The zero-order valence-corrected chi connectivity index (χ0v) is 11.4. The summed E-state index contributed by atoms with van der Waals surface area (Å²) < 4.78 is 0. The first-order valence-electron chi connectivity index (χ1n) is 6.43. The van der Waals surface area contributed by atoms with Crippen LogP contribution in [0.3, 0.4) is 0 Å². The highest BCUT2D eigenvalue weighted by Crippen LogP contribution is 2.15. The van der Waals surface area contributed by atoms with Crippen LogP contribution in [0.5, 0.6) is 0 Å². The van der Waals surface area contributed by atoms with Gasteiger partial charge >= 0.3 is 0 Å². The molecule has 1 unspecified atom stereocenters. The average Bonchev–Trinajstić information content (AvgIpc) is 2.27. The number of rotatable bonds is 6. The predicted molar refractivity (Wildman–Crippen MR) is 74.2 cm³/mol. The lowest BCUT2D eigenvalue weighted by atomic mass is 9.94. The van der Waals surface area contributed by atoms with Gasteiger partial charge in [0.25, 0.3) is 0 Å². The van der Waals surface area contributed by atoms with Gasteiger partial charge in [0.2, 0.25) is 5.91 Å². The summed E-state index contributed by atoms with van der Waals surface area (Å²) in [5, 5.41) is 2.82. The molecular formula is C14H23N3O. The number of aryl methyl sites for hydroxylation is 1. The summed E-state index contributed by atoms with van der Waals surface area (Å²) in [6, 6.07) is 3.76. The minimum Gasteiger partial charge on any atom is -0.330 e. The molecule has 4 nitrogen and oxygen atoms in total. The van der Waals surface area contributed by atoms with Crippen molar-refractivity contribution in [2.24, 2.45) is 17.6 Å². The molecule has 0 aliphatic rings. The van der Waals surface area contributed by atoms with Gasteiger partial charge in [-0.1, -0.05) is 13.8 Å². The summed E-state index contributed by atoms with van der Waals surface area (Å²) in [4.78, 5) is 16.0. The van der Waals surface area contributed by atoms with E-state index in [2.05, 4.69) is 24.1 Å². The molecule has 0 bridgehead atoms. The highest BCUT2D eigenvalue weighted by Gasteiger charge is 2.14. The first-order chi connectivity index (χ1) is 8.51. The Morgan fingerprint density at radius 1 is 1.50 bits per heavy atom. The Labute approximate surface area is 109 Å². The van der Waals surface area contributed by atoms with E-state index in [1.165, 1.54) is 0 Å². The lowest BCUT2D eigenvalue weighted by molar-refractivity contribution is -0.117. The van der Waals surface area contributed by atoms with Crippen molar-refractivity contribution in [2.75, 3.05) is 11.9 Å². The van der Waals surface area contributed by atoms with Crippen molar-refractivity contribution in [3.05, 3.63) is 23.9 Å². The van der Waals surface area contributed by atoms with E-state index >= 15 is 0 Å². The van der Waals surface area contributed by atoms with Gasteiger partial charge in [0.15, 0.2) is 0 Å². The van der Waals surface area contributed by atoms with Crippen molar-refractivity contribution in [1.29, 1.82) is 0 Å². The molecule has 1 amide bonds. The van der Waals surface area contributed by atoms with Gasteiger partial charge in [-0.3, -0.25) is 4.79 Å². The van der Waals surface area contributed by atoms with Crippen LogP contribution < -0.4 is 11.1 Å². The minimum atomic E-state index is -0.01000. The normalized spacial score (nSPS) is 12.5. The fourth-order valence-corrected chi connectivity index (χ4v) is 1.99. The number of carbonyl (C=O) groups is 1. The summed E-state index contributed by atoms with van der Waals surface area (Å²) in [6.07, 6.45) is 3.13. The number of hydrogen-bond acceptors (Lipinski definition) is 3. The van der Waals surface area contributed by atoms with Crippen LogP contribution in [0.1, 0.15) is 32.3 Å². The van der Waals surface area contributed by atoms with Gasteiger partial charge < -0.3 is 11.1 Å². The second-order valence-electron chi connectivity index (χ2n) is 5.20. The Bertz CT molecular complexity index is 390. The first kappa shape index (κ1) is 14.6. The van der Waals surface area contributed by atoms with Gasteiger partial charge in [0.1, 0.15) is 5.82 Å². The van der Waals surface area contributed by atoms with Crippen molar-refractivity contribution in [3.8, 4) is 0 Å². The summed E-state index contributed by atoms with van der Waals surface area (Å²) in [5.74, 6) is 1.41. The maximum atomic E-state index is 11.9. The molecule has 18 heavy (non-hydrogen) atoms. The number of carbonyl (C=O) groups excluding carboxylic acids is 1. The molecule has 0 aliphatic carbocycles. The molecule has 0 radical (unpaired) electrons. The SMILES string of the molecule is Cc1ccnc(NC(=O)CC(CN)CC(C)C)c1. The van der Waals surface area contributed by atoms with E-state index in [0.29, 0.717) is 24.7 Å². The smallest absolute Gasteiger partial charge is 0.225 e. The molecule has 1 rings (SSSR count). The van der Waals surface area contributed by atoms with Crippen molar-refractivity contribution < 1.29 is 4.79 Å². The summed E-state index contributed by atoms with van der Waals surface area (Å²) in [6.45, 7) is 6.80. The number of nitrogens with one attached hydrogen (secondary N) is 1. The molecule has 1 atom stereocenters. The van der Waals surface area contributed by atoms with E-state index in [4.69, 9.17) is 5.73 Å². The molecule has 0 aromatic carbocycles. The number of aromatic nitrogens is 1. The Morgan fingerprint density at radius 2 is 2.22 bits per heavy atom. The lowest BCUT2D eigenvalue weighted by Crippen LogP contribution is -2.23. The quantitative estimate of drug-likeness (QED) is 0.813. The molecule has 0 saturated carbocycles. The van der Waals surface area contributed by atoms with Crippen LogP contribution >= 0.6 is 0 Å². The highest BCUT2D eigenvalue weighted by atomic mass is 16.1. The van der Waals surface area contributed by atoms with E-state index in [1.54, 1.807) is 6.20 Å². The molecule has 0 aliphatic heterocycles. The minimum absolute atomic E-state index is 0.01000. The second-order valence-corrected chi connectivity index (χ2v) is 5.20. The third kappa shape index (κ3) is 5.27. The largest absolute Gasteiger partial charge is 0.330 e. The molecule has 4 heteroatoms. The molecule has 1 aromatic rings. The zero-order chi connectivity index (χ0) is 13.5. The molecule has 1 aromatic heterocycles. The van der Waals surface area contributed by atoms with Crippen molar-refractivity contribution in [1.82, 2.24) is 4.98 Å². The Hall–Kier alpha value is -1.42. The van der Waals surface area contributed by atoms with Gasteiger partial charge in [-0.05, 0) is 49.4 Å². The van der Waals surface area contributed by atoms with Crippen LogP contribution in [0.4, 0.5) is 5.82 Å². The van der Waals surface area contributed by atoms with Crippen LogP contribution in [0.2, 0.25) is 0 Å². The lowest BCUT2D eigenvalue weighted by Gasteiger charge is -2.16. The van der Waals surface area contributed by atoms with E-state index < -0.39 is 0 Å². The van der Waals surface area contributed by atoms with Crippen LogP contribution in [0.15, 0.2) is 18.3 Å². The molecule has 0 spiro atoms. The molecule has 100 valence electrons. The van der Waals surface area contributed by atoms with E-state index in [9.17, 15) is 4.79 Å². The number of nitrogens with two attached hydrogens (primary N) is 1. The number of anilines is 1. The third-order valence-corrected chi connectivity index (χ3v) is 2.80. The third-order valence-electron chi connectivity index (χ3n) is 2.80. The maximum absolute atomic E-state index is 11.9. The number of hydrogen-bond donors (Lipinski definition) is 2. The fraction of sp³-hybridized carbons (Fsp3) is 0.571. The molecule has 0 fully saturated rings. The highest BCUT2D eigenvalue weighted by molar-refractivity contribution is 5.89. The number of amides is 1. The van der Waals surface area contributed by atoms with Crippen molar-refractivity contribution in [3.63, 3.8) is 0 Å². The standard InChI is InChI=1S/C14H23N3O/c1-10(2)6-12(9-15)8-14(18)17-13-7-11(3)4-5-16-13/h4-5,7,10,12H,6,8-9,15H2,1-3H3,(H,16,17,18). The summed E-state index contributed by atoms with van der Waals surface area (Å²) >= 11 is 0. The van der Waals surface area contributed by atoms with Gasteiger partial charge in [0.05, 0.1) is 0 Å². The molecule has 3 N–H and O–H groups in total. The maximum Gasteiger partial charge on any atom is 0.225 e. The van der Waals surface area contributed by atoms with Crippen molar-refractivity contribution >= 4 is 11.7 Å². The number of nitrogens with zero attached hydrogens (tertiary/aromatic N) is 1. The fourth-order valence-electron chi connectivity index (χ4n) is 1.99. The van der Waals surface area contributed by atoms with Gasteiger partial charge in [-0.25, -0.2) is 4.98 Å². The van der Waals surface area contributed by atoms with Crippen LogP contribution in [0, 0.1) is 18.8 Å². The van der Waals surface area contributed by atoms with E-state index in [0.717, 1.165) is 12.0 Å². The topological polar surface area (TPSA) is 68.0 Å². The monoisotopic (exact) mass is 249 g/mol. The summed E-state index contributed by atoms with van der Waals surface area (Å²) in [7, 11) is 0. The van der Waals surface area contributed by atoms with Gasteiger partial charge in [-0.15, -0.1) is 0 Å². The Balaban J connectivity index is 2.50. The Morgan fingerprint density at radius 3 is 2.78 bits per heavy atom. The molecule has 0 saturated heterocycles. The Kier molecular flexibility index (Phi) is 5.78. The number of pyridine rings is 1. The van der Waals surface area contributed by atoms with Gasteiger partial charge in [0, 0.05) is 12.6 Å². The van der Waals surface area contributed by atoms with Crippen LogP contribution in [0.25, 0.3) is 0 Å². The first-order valence-corrected chi connectivity index (χ1v) is 6.43. The molecular weight excluding hydrogens is 226 g/mol. The van der Waals surface area contributed by atoms with Crippen LogP contribution in [-0.2, 0) is 4.79 Å². The summed E-state index contributed by atoms with van der Waals surface area (Å²) in [5.41, 5.74) is 6.77. The average molecular weight is 249 g/mol. The predicted octanol–water partition coefficient (Wildman–Crippen LogP) is 2.34. The van der Waals surface area contributed by atoms with Gasteiger partial charge in [-0.2, -0.15) is 0 Å². The molecule has 1 heterocycles. The van der Waals surface area contributed by atoms with Crippen molar-refractivity contribution in [2.45, 2.75) is 33.6 Å². The second kappa shape index (κ2) is 7.11. The van der Waals surface area contributed by atoms with E-state index in [-0.39, 0.29) is 11.8 Å².